The number of nitrogens with one attached hydrogen (secondary N) is 2. The van der Waals surface area contributed by atoms with Crippen LogP contribution < -0.4 is 15.4 Å². The van der Waals surface area contributed by atoms with Gasteiger partial charge >= 0.3 is 0 Å². The van der Waals surface area contributed by atoms with Gasteiger partial charge < -0.3 is 15.4 Å². The van der Waals surface area contributed by atoms with Crippen LogP contribution in [0.25, 0.3) is 0 Å². The molecule has 0 atom stereocenters. The summed E-state index contributed by atoms with van der Waals surface area (Å²) in [6.07, 6.45) is 0.963. The third-order valence-corrected chi connectivity index (χ3v) is 4.65. The van der Waals surface area contributed by atoms with E-state index >= 15 is 0 Å². The maximum Gasteiger partial charge on any atom is 0.235 e. The Hall–Kier alpha value is -2.89. The molecule has 0 saturated heterocycles. The Morgan fingerprint density at radius 2 is 1.39 bits per heavy atom. The van der Waals surface area contributed by atoms with E-state index in [0.29, 0.717) is 24.9 Å². The minimum Gasteiger partial charge on any atom is -0.496 e. The van der Waals surface area contributed by atoms with E-state index in [1.54, 1.807) is 39.2 Å². The van der Waals surface area contributed by atoms with E-state index in [0.717, 1.165) is 11.3 Å². The van der Waals surface area contributed by atoms with Gasteiger partial charge in [-0.3, -0.25) is 9.59 Å². The van der Waals surface area contributed by atoms with Crippen LogP contribution in [0.5, 0.6) is 5.75 Å². The number of halogens is 1. The highest BCUT2D eigenvalue weighted by Gasteiger charge is 2.35. The summed E-state index contributed by atoms with van der Waals surface area (Å²) < 4.78 is 18.9. The van der Waals surface area contributed by atoms with Crippen LogP contribution in [0.2, 0.25) is 0 Å². The highest BCUT2D eigenvalue weighted by Crippen LogP contribution is 2.18. The zero-order valence-electron chi connectivity index (χ0n) is 16.5. The molecule has 6 heteroatoms. The van der Waals surface area contributed by atoms with Crippen LogP contribution in [0.15, 0.2) is 48.5 Å². The average Bonchev–Trinajstić information content (AvgIpc) is 2.69. The van der Waals surface area contributed by atoms with E-state index in [9.17, 15) is 14.0 Å². The van der Waals surface area contributed by atoms with Crippen molar-refractivity contribution in [1.29, 1.82) is 0 Å². The molecule has 2 aromatic carbocycles. The van der Waals surface area contributed by atoms with Gasteiger partial charge in [0.1, 0.15) is 17.0 Å². The van der Waals surface area contributed by atoms with Crippen LogP contribution in [0.4, 0.5) is 4.39 Å². The molecule has 0 spiro atoms. The van der Waals surface area contributed by atoms with Crippen LogP contribution in [0, 0.1) is 11.2 Å². The molecule has 2 aromatic rings. The average molecular weight is 386 g/mol. The Balaban J connectivity index is 1.82. The minimum atomic E-state index is -1.23. The van der Waals surface area contributed by atoms with Crippen LogP contribution >= 0.6 is 0 Å². The van der Waals surface area contributed by atoms with E-state index in [2.05, 4.69) is 10.6 Å². The maximum absolute atomic E-state index is 13.6. The fourth-order valence-electron chi connectivity index (χ4n) is 2.78. The molecule has 2 amide bonds. The van der Waals surface area contributed by atoms with Crippen molar-refractivity contribution in [2.75, 3.05) is 20.2 Å². The van der Waals surface area contributed by atoms with Gasteiger partial charge in [0.05, 0.1) is 7.11 Å². The molecule has 0 aliphatic rings. The van der Waals surface area contributed by atoms with Crippen molar-refractivity contribution in [3.8, 4) is 5.75 Å². The summed E-state index contributed by atoms with van der Waals surface area (Å²) in [5.41, 5.74) is 0.287. The van der Waals surface area contributed by atoms with E-state index in [1.807, 2.05) is 24.3 Å². The largest absolute Gasteiger partial charge is 0.496 e. The Labute approximate surface area is 165 Å². The van der Waals surface area contributed by atoms with Gasteiger partial charge in [-0.05, 0) is 49.9 Å². The van der Waals surface area contributed by atoms with Gasteiger partial charge in [0.2, 0.25) is 11.8 Å². The van der Waals surface area contributed by atoms with Crippen LogP contribution in [-0.2, 0) is 22.4 Å². The Morgan fingerprint density at radius 3 is 1.96 bits per heavy atom. The fourth-order valence-corrected chi connectivity index (χ4v) is 2.78. The van der Waals surface area contributed by atoms with Gasteiger partial charge in [0, 0.05) is 13.1 Å². The second-order valence-electron chi connectivity index (χ2n) is 7.04. The predicted molar refractivity (Wildman–Crippen MR) is 107 cm³/mol. The first-order valence-corrected chi connectivity index (χ1v) is 9.28. The molecular formula is C22H27FN2O3. The highest BCUT2D eigenvalue weighted by molar-refractivity contribution is 6.04. The molecule has 0 saturated carbocycles. The second kappa shape index (κ2) is 9.88. The van der Waals surface area contributed by atoms with Gasteiger partial charge in [0.25, 0.3) is 0 Å². The normalized spacial score (nSPS) is 11.0. The molecule has 2 rings (SSSR count). The Kier molecular flexibility index (Phi) is 7.55. The highest BCUT2D eigenvalue weighted by atomic mass is 19.1. The third kappa shape index (κ3) is 5.55. The van der Waals surface area contributed by atoms with Crippen molar-refractivity contribution in [1.82, 2.24) is 10.6 Å². The third-order valence-electron chi connectivity index (χ3n) is 4.65. The monoisotopic (exact) mass is 386 g/mol. The van der Waals surface area contributed by atoms with Crippen LogP contribution in [0.1, 0.15) is 25.0 Å². The lowest BCUT2D eigenvalue weighted by atomic mass is 9.91. The molecule has 5 nitrogen and oxygen atoms in total. The van der Waals surface area contributed by atoms with E-state index in [1.165, 1.54) is 6.07 Å². The van der Waals surface area contributed by atoms with E-state index in [-0.39, 0.29) is 18.3 Å². The number of carbonyl (C=O) groups excluding carboxylic acids is 2. The number of ether oxygens (including phenoxy) is 1. The molecule has 2 N–H and O–H groups in total. The fraction of sp³-hybridized carbons (Fsp3) is 0.364. The number of carbonyl (C=O) groups is 2. The summed E-state index contributed by atoms with van der Waals surface area (Å²) in [5.74, 6) is -0.281. The van der Waals surface area contributed by atoms with Crippen molar-refractivity contribution in [3.63, 3.8) is 0 Å². The molecule has 0 aliphatic carbocycles. The van der Waals surface area contributed by atoms with Gasteiger partial charge in [-0.25, -0.2) is 4.39 Å². The molecule has 0 aromatic heterocycles. The minimum absolute atomic E-state index is 0.262. The molecule has 150 valence electrons. The molecule has 0 fully saturated rings. The van der Waals surface area contributed by atoms with Gasteiger partial charge in [-0.15, -0.1) is 0 Å². The standard InChI is InChI=1S/C22H27FN2O3/c1-22(2,20(26)24-14-12-16-8-4-6-10-18(16)23)21(27)25-15-13-17-9-5-7-11-19(17)28-3/h4-11H,12-15H2,1-3H3,(H,24,26)(H,25,27). The number of benzene rings is 2. The van der Waals surface area contributed by atoms with Crippen molar-refractivity contribution in [2.24, 2.45) is 5.41 Å². The van der Waals surface area contributed by atoms with Gasteiger partial charge in [-0.1, -0.05) is 36.4 Å². The van der Waals surface area contributed by atoms with E-state index in [4.69, 9.17) is 4.74 Å². The molecule has 0 bridgehead atoms. The number of hydrogen-bond acceptors (Lipinski definition) is 3. The SMILES string of the molecule is COc1ccccc1CCNC(=O)C(C)(C)C(=O)NCCc1ccccc1F. The zero-order chi connectivity index (χ0) is 20.6. The topological polar surface area (TPSA) is 67.4 Å². The number of amides is 2. The van der Waals surface area contributed by atoms with E-state index < -0.39 is 11.3 Å². The predicted octanol–water partition coefficient (Wildman–Crippen LogP) is 2.88. The molecule has 0 aliphatic heterocycles. The summed E-state index contributed by atoms with van der Waals surface area (Å²) in [7, 11) is 1.60. The zero-order valence-corrected chi connectivity index (χ0v) is 16.5. The van der Waals surface area contributed by atoms with Gasteiger partial charge in [-0.2, -0.15) is 0 Å². The van der Waals surface area contributed by atoms with Gasteiger partial charge in [0.15, 0.2) is 0 Å². The summed E-state index contributed by atoms with van der Waals surface area (Å²) in [5, 5.41) is 5.53. The number of para-hydroxylation sites is 1. The van der Waals surface area contributed by atoms with Crippen molar-refractivity contribution in [3.05, 3.63) is 65.5 Å². The Morgan fingerprint density at radius 1 is 0.893 bits per heavy atom. The summed E-state index contributed by atoms with van der Waals surface area (Å²) in [4.78, 5) is 24.9. The first-order chi connectivity index (χ1) is 13.4. The molecule has 28 heavy (non-hydrogen) atoms. The molecule has 0 heterocycles. The lowest BCUT2D eigenvalue weighted by Gasteiger charge is -2.23. The summed E-state index contributed by atoms with van der Waals surface area (Å²) in [6.45, 7) is 3.80. The summed E-state index contributed by atoms with van der Waals surface area (Å²) in [6, 6.07) is 14.0. The van der Waals surface area contributed by atoms with Crippen molar-refractivity contribution >= 4 is 11.8 Å². The molecular weight excluding hydrogens is 359 g/mol. The lowest BCUT2D eigenvalue weighted by molar-refractivity contribution is -0.141. The van der Waals surface area contributed by atoms with Crippen molar-refractivity contribution in [2.45, 2.75) is 26.7 Å². The molecule has 0 unspecified atom stereocenters. The number of methoxy groups -OCH3 is 1. The summed E-state index contributed by atoms with van der Waals surface area (Å²) >= 11 is 0. The van der Waals surface area contributed by atoms with Crippen LogP contribution in [0.3, 0.4) is 0 Å². The first-order valence-electron chi connectivity index (χ1n) is 9.28. The molecule has 0 radical (unpaired) electrons. The van der Waals surface area contributed by atoms with Crippen LogP contribution in [-0.4, -0.2) is 32.0 Å². The quantitative estimate of drug-likeness (QED) is 0.651. The second-order valence-corrected chi connectivity index (χ2v) is 7.04. The Bertz CT molecular complexity index is 821. The van der Waals surface area contributed by atoms with Crippen molar-refractivity contribution < 1.29 is 18.7 Å². The first kappa shape index (κ1) is 21.4. The maximum atomic E-state index is 13.6. The number of hydrogen-bond donors (Lipinski definition) is 2. The smallest absolute Gasteiger partial charge is 0.235 e. The lowest BCUT2D eigenvalue weighted by Crippen LogP contribution is -2.48. The number of rotatable bonds is 9.